The van der Waals surface area contributed by atoms with Crippen molar-refractivity contribution >= 4 is 23.2 Å². The molecule has 0 atom stereocenters. The summed E-state index contributed by atoms with van der Waals surface area (Å²) in [6, 6.07) is 14.9. The number of benzene rings is 2. The first-order valence-corrected chi connectivity index (χ1v) is 17.3. The Balaban J connectivity index is 1.89. The quantitative estimate of drug-likeness (QED) is 0.0505. The van der Waals surface area contributed by atoms with E-state index >= 15 is 0 Å². The molecular formula is C38H58O2S. The van der Waals surface area contributed by atoms with Gasteiger partial charge < -0.3 is 9.47 Å². The predicted octanol–water partition coefficient (Wildman–Crippen LogP) is 12.1. The highest BCUT2D eigenvalue weighted by atomic mass is 32.1. The summed E-state index contributed by atoms with van der Waals surface area (Å²) in [5.74, 6) is 1.71. The van der Waals surface area contributed by atoms with Gasteiger partial charge in [0.25, 0.3) is 0 Å². The maximum absolute atomic E-state index is 6.29. The monoisotopic (exact) mass is 578 g/mol. The van der Waals surface area contributed by atoms with Crippen LogP contribution in [0.15, 0.2) is 48.5 Å². The highest BCUT2D eigenvalue weighted by Gasteiger charge is 2.07. The van der Waals surface area contributed by atoms with E-state index in [2.05, 4.69) is 69.3 Å². The molecule has 0 bridgehead atoms. The van der Waals surface area contributed by atoms with E-state index in [9.17, 15) is 0 Å². The summed E-state index contributed by atoms with van der Waals surface area (Å²) in [5, 5.41) is 0. The number of hydrogen-bond donors (Lipinski definition) is 0. The number of thiocarbonyl (C=S) groups is 1. The zero-order chi connectivity index (χ0) is 29.4. The molecule has 228 valence electrons. The molecule has 0 fully saturated rings. The summed E-state index contributed by atoms with van der Waals surface area (Å²) in [4.78, 5) is 0.851. The Morgan fingerprint density at radius 2 is 1.10 bits per heavy atom. The van der Waals surface area contributed by atoms with Crippen molar-refractivity contribution in [1.29, 1.82) is 0 Å². The van der Waals surface area contributed by atoms with Gasteiger partial charge in [0.1, 0.15) is 0 Å². The number of rotatable bonds is 25. The van der Waals surface area contributed by atoms with Crippen molar-refractivity contribution in [2.24, 2.45) is 0 Å². The average Bonchev–Trinajstić information content (AvgIpc) is 2.99. The first-order chi connectivity index (χ1) is 20.2. The minimum atomic E-state index is 0.735. The fourth-order valence-corrected chi connectivity index (χ4v) is 5.29. The Bertz CT molecular complexity index is 963. The molecule has 0 N–H and O–H groups in total. The van der Waals surface area contributed by atoms with E-state index in [1.165, 1.54) is 95.5 Å². The first-order valence-electron chi connectivity index (χ1n) is 16.9. The molecule has 0 saturated carbocycles. The summed E-state index contributed by atoms with van der Waals surface area (Å²) in [7, 11) is 0. The molecule has 0 unspecified atom stereocenters. The van der Waals surface area contributed by atoms with E-state index in [1.54, 1.807) is 0 Å². The summed E-state index contributed by atoms with van der Waals surface area (Å²) in [5.41, 5.74) is 3.54. The van der Waals surface area contributed by atoms with Crippen molar-refractivity contribution < 1.29 is 9.47 Å². The standard InChI is InChI=1S/C38H58O2S/c1-4-7-9-11-13-15-17-19-30-39-36-28-24-34(25-29-38(41)35-26-22-33(21-6-3)23-27-35)32-37(36)40-31-20-18-16-14-12-10-8-5-2/h22-29,32H,4-21,30-31H2,1-3H3. The van der Waals surface area contributed by atoms with E-state index in [0.29, 0.717) is 0 Å². The lowest BCUT2D eigenvalue weighted by Crippen LogP contribution is -2.03. The SMILES string of the molecule is CCCCCCCCCCOc1ccc(C=CC(=S)c2ccc(CCC)cc2)cc1OCCCCCCCCCC. The van der Waals surface area contributed by atoms with Gasteiger partial charge >= 0.3 is 0 Å². The van der Waals surface area contributed by atoms with Crippen molar-refractivity contribution in [2.75, 3.05) is 13.2 Å². The average molecular weight is 579 g/mol. The molecule has 41 heavy (non-hydrogen) atoms. The summed E-state index contributed by atoms with van der Waals surface area (Å²) >= 11 is 5.71. The van der Waals surface area contributed by atoms with Crippen molar-refractivity contribution in [1.82, 2.24) is 0 Å². The topological polar surface area (TPSA) is 18.5 Å². The van der Waals surface area contributed by atoms with Crippen LogP contribution in [0, 0.1) is 0 Å². The highest BCUT2D eigenvalue weighted by molar-refractivity contribution is 7.81. The molecule has 2 aromatic rings. The van der Waals surface area contributed by atoms with Gasteiger partial charge in [0.2, 0.25) is 0 Å². The Morgan fingerprint density at radius 1 is 0.585 bits per heavy atom. The van der Waals surface area contributed by atoms with Gasteiger partial charge in [0.15, 0.2) is 11.5 Å². The van der Waals surface area contributed by atoms with Gasteiger partial charge in [0, 0.05) is 4.86 Å². The van der Waals surface area contributed by atoms with E-state index < -0.39 is 0 Å². The number of allylic oxidation sites excluding steroid dienone is 1. The molecule has 3 heteroatoms. The second-order valence-electron chi connectivity index (χ2n) is 11.5. The maximum Gasteiger partial charge on any atom is 0.161 e. The third-order valence-corrected chi connectivity index (χ3v) is 8.05. The fraction of sp³-hybridized carbons (Fsp3) is 0.605. The van der Waals surface area contributed by atoms with Gasteiger partial charge in [-0.05, 0) is 54.2 Å². The molecule has 2 nitrogen and oxygen atoms in total. The Kier molecular flexibility index (Phi) is 20.0. The summed E-state index contributed by atoms with van der Waals surface area (Å²) < 4.78 is 12.5. The normalized spacial score (nSPS) is 11.3. The van der Waals surface area contributed by atoms with Crippen LogP contribution in [0.3, 0.4) is 0 Å². The molecule has 0 radical (unpaired) electrons. The number of aryl methyl sites for hydroxylation is 1. The molecule has 2 aromatic carbocycles. The van der Waals surface area contributed by atoms with Gasteiger partial charge in [-0.3, -0.25) is 0 Å². The van der Waals surface area contributed by atoms with Crippen LogP contribution in [0.5, 0.6) is 11.5 Å². The zero-order valence-electron chi connectivity index (χ0n) is 26.6. The molecule has 0 saturated heterocycles. The van der Waals surface area contributed by atoms with E-state index in [-0.39, 0.29) is 0 Å². The van der Waals surface area contributed by atoms with Crippen molar-refractivity contribution in [2.45, 2.75) is 136 Å². The fourth-order valence-electron chi connectivity index (χ4n) is 5.09. The van der Waals surface area contributed by atoms with Crippen molar-refractivity contribution in [3.05, 3.63) is 65.2 Å². The van der Waals surface area contributed by atoms with Crippen LogP contribution >= 0.6 is 12.2 Å². The molecule has 0 aliphatic heterocycles. The van der Waals surface area contributed by atoms with Crippen LogP contribution in [-0.4, -0.2) is 18.1 Å². The van der Waals surface area contributed by atoms with Crippen molar-refractivity contribution in [3.63, 3.8) is 0 Å². The number of unbranched alkanes of at least 4 members (excludes halogenated alkanes) is 14. The van der Waals surface area contributed by atoms with Crippen molar-refractivity contribution in [3.8, 4) is 11.5 Å². The van der Waals surface area contributed by atoms with Crippen LogP contribution in [0.4, 0.5) is 0 Å². The largest absolute Gasteiger partial charge is 0.490 e. The lowest BCUT2D eigenvalue weighted by molar-refractivity contribution is 0.258. The van der Waals surface area contributed by atoms with Crippen LogP contribution in [0.25, 0.3) is 6.08 Å². The van der Waals surface area contributed by atoms with Gasteiger partial charge in [-0.15, -0.1) is 0 Å². The molecule has 0 aliphatic rings. The summed E-state index contributed by atoms with van der Waals surface area (Å²) in [6.45, 7) is 8.24. The number of hydrogen-bond acceptors (Lipinski definition) is 3. The van der Waals surface area contributed by atoms with Crippen LogP contribution < -0.4 is 9.47 Å². The second-order valence-corrected chi connectivity index (χ2v) is 11.9. The summed E-state index contributed by atoms with van der Waals surface area (Å²) in [6.07, 6.45) is 27.2. The number of ether oxygens (including phenoxy) is 2. The lowest BCUT2D eigenvalue weighted by atomic mass is 10.1. The highest BCUT2D eigenvalue weighted by Crippen LogP contribution is 2.30. The Hall–Kier alpha value is -2.13. The van der Waals surface area contributed by atoms with Crippen LogP contribution in [0.2, 0.25) is 0 Å². The molecule has 0 spiro atoms. The van der Waals surface area contributed by atoms with Gasteiger partial charge in [0.05, 0.1) is 13.2 Å². The molecule has 0 heterocycles. The molecule has 0 aromatic heterocycles. The first kappa shape index (κ1) is 35.1. The van der Waals surface area contributed by atoms with Crippen LogP contribution in [0.1, 0.15) is 147 Å². The second kappa shape index (κ2) is 23.4. The Labute approximate surface area is 258 Å². The van der Waals surface area contributed by atoms with E-state index in [1.807, 2.05) is 6.08 Å². The Morgan fingerprint density at radius 3 is 1.63 bits per heavy atom. The predicted molar refractivity (Wildman–Crippen MR) is 184 cm³/mol. The van der Waals surface area contributed by atoms with Crippen LogP contribution in [-0.2, 0) is 6.42 Å². The maximum atomic E-state index is 6.29. The third kappa shape index (κ3) is 16.2. The van der Waals surface area contributed by atoms with E-state index in [4.69, 9.17) is 21.7 Å². The minimum absolute atomic E-state index is 0.735. The lowest BCUT2D eigenvalue weighted by Gasteiger charge is -2.14. The minimum Gasteiger partial charge on any atom is -0.490 e. The molecule has 0 aliphatic carbocycles. The molecule has 0 amide bonds. The van der Waals surface area contributed by atoms with Gasteiger partial charge in [-0.25, -0.2) is 0 Å². The molecular weight excluding hydrogens is 520 g/mol. The smallest absolute Gasteiger partial charge is 0.161 e. The van der Waals surface area contributed by atoms with E-state index in [0.717, 1.165) is 66.4 Å². The van der Waals surface area contributed by atoms with Gasteiger partial charge in [-0.1, -0.05) is 166 Å². The third-order valence-electron chi connectivity index (χ3n) is 7.68. The van der Waals surface area contributed by atoms with Gasteiger partial charge in [-0.2, -0.15) is 0 Å². The molecule has 2 rings (SSSR count). The zero-order valence-corrected chi connectivity index (χ0v) is 27.4.